The zero-order valence-electron chi connectivity index (χ0n) is 16.6. The summed E-state index contributed by atoms with van der Waals surface area (Å²) in [5.74, 6) is -1.62. The van der Waals surface area contributed by atoms with E-state index < -0.39 is 17.9 Å². The molecule has 1 saturated carbocycles. The van der Waals surface area contributed by atoms with E-state index in [0.717, 1.165) is 5.56 Å². The molecule has 6 nitrogen and oxygen atoms in total. The summed E-state index contributed by atoms with van der Waals surface area (Å²) in [5, 5.41) is 20.7. The van der Waals surface area contributed by atoms with E-state index in [4.69, 9.17) is 16.3 Å². The Hall–Kier alpha value is -2.57. The van der Waals surface area contributed by atoms with Crippen molar-refractivity contribution in [3.63, 3.8) is 0 Å². The van der Waals surface area contributed by atoms with Crippen molar-refractivity contribution in [2.45, 2.75) is 49.8 Å². The van der Waals surface area contributed by atoms with Gasteiger partial charge >= 0.3 is 5.97 Å². The Morgan fingerprint density at radius 1 is 1.10 bits per heavy atom. The van der Waals surface area contributed by atoms with E-state index in [1.165, 1.54) is 7.11 Å². The van der Waals surface area contributed by atoms with Crippen LogP contribution in [0.4, 0.5) is 0 Å². The second-order valence-corrected chi connectivity index (χ2v) is 8.38. The predicted molar refractivity (Wildman–Crippen MR) is 112 cm³/mol. The first-order valence-electron chi connectivity index (χ1n) is 10.1. The standard InChI is InChI=1S/C23H24ClNO5/c1-30-17-10-11-18-19(12-17)20(23(28)29)21(13-2-4-14(24)5-3-13)25(22(18)27)15-6-8-16(26)9-7-15/h2-5,10-12,15-16,20-21,26H,6-9H2,1H3,(H,28,29)/t15-,16-,20-,21+/m1/s1. The fourth-order valence-corrected chi connectivity index (χ4v) is 4.85. The van der Waals surface area contributed by atoms with Gasteiger partial charge in [-0.3, -0.25) is 9.59 Å². The Labute approximate surface area is 180 Å². The second-order valence-electron chi connectivity index (χ2n) is 7.94. The number of aliphatic carboxylic acids is 1. The molecule has 0 spiro atoms. The number of methoxy groups -OCH3 is 1. The fourth-order valence-electron chi connectivity index (χ4n) is 4.73. The minimum absolute atomic E-state index is 0.140. The van der Waals surface area contributed by atoms with E-state index in [-0.39, 0.29) is 18.1 Å². The maximum absolute atomic E-state index is 13.6. The SMILES string of the molecule is COc1ccc2c(c1)[C@@H](C(=O)O)[C@H](c1ccc(Cl)cc1)N([C@H]1CC[C@H](O)CC1)C2=O. The lowest BCUT2D eigenvalue weighted by atomic mass is 9.77. The van der Waals surface area contributed by atoms with E-state index in [2.05, 4.69) is 0 Å². The first-order valence-corrected chi connectivity index (χ1v) is 10.5. The summed E-state index contributed by atoms with van der Waals surface area (Å²) < 4.78 is 5.29. The maximum Gasteiger partial charge on any atom is 0.313 e. The van der Waals surface area contributed by atoms with Crippen LogP contribution in [-0.4, -0.2) is 46.2 Å². The Bertz CT molecular complexity index is 953. The molecule has 7 heteroatoms. The number of ether oxygens (including phenoxy) is 1. The van der Waals surface area contributed by atoms with Crippen LogP contribution in [0.15, 0.2) is 42.5 Å². The molecular weight excluding hydrogens is 406 g/mol. The second kappa shape index (κ2) is 8.28. The van der Waals surface area contributed by atoms with Crippen LogP contribution in [-0.2, 0) is 4.79 Å². The van der Waals surface area contributed by atoms with Crippen LogP contribution in [0.25, 0.3) is 0 Å². The number of amides is 1. The summed E-state index contributed by atoms with van der Waals surface area (Å²) in [6.45, 7) is 0. The molecule has 1 fully saturated rings. The van der Waals surface area contributed by atoms with Gasteiger partial charge in [-0.25, -0.2) is 0 Å². The lowest BCUT2D eigenvalue weighted by Gasteiger charge is -2.46. The Kier molecular flexibility index (Phi) is 5.71. The molecule has 0 bridgehead atoms. The number of aliphatic hydroxyl groups is 1. The molecule has 2 aliphatic rings. The first-order chi connectivity index (χ1) is 14.4. The Balaban J connectivity index is 1.88. The number of rotatable bonds is 4. The van der Waals surface area contributed by atoms with Gasteiger partial charge in [-0.15, -0.1) is 0 Å². The summed E-state index contributed by atoms with van der Waals surface area (Å²) in [7, 11) is 1.51. The summed E-state index contributed by atoms with van der Waals surface area (Å²) in [4.78, 5) is 27.9. The van der Waals surface area contributed by atoms with Gasteiger partial charge in [0.2, 0.25) is 0 Å². The average Bonchev–Trinajstić information content (AvgIpc) is 2.74. The van der Waals surface area contributed by atoms with Gasteiger partial charge in [-0.2, -0.15) is 0 Å². The minimum Gasteiger partial charge on any atom is -0.497 e. The van der Waals surface area contributed by atoms with Crippen LogP contribution in [0.3, 0.4) is 0 Å². The third kappa shape index (κ3) is 3.66. The third-order valence-corrected chi connectivity index (χ3v) is 6.46. The quantitative estimate of drug-likeness (QED) is 0.766. The van der Waals surface area contributed by atoms with E-state index in [0.29, 0.717) is 47.6 Å². The van der Waals surface area contributed by atoms with Crippen molar-refractivity contribution in [3.8, 4) is 5.75 Å². The molecule has 2 atom stereocenters. The van der Waals surface area contributed by atoms with Crippen LogP contribution in [0, 0.1) is 0 Å². The molecule has 1 heterocycles. The van der Waals surface area contributed by atoms with Crippen molar-refractivity contribution in [2.75, 3.05) is 7.11 Å². The predicted octanol–water partition coefficient (Wildman–Crippen LogP) is 4.02. The van der Waals surface area contributed by atoms with E-state index in [9.17, 15) is 19.8 Å². The number of fused-ring (bicyclic) bond motifs is 1. The van der Waals surface area contributed by atoms with Gasteiger partial charge in [-0.1, -0.05) is 23.7 Å². The zero-order chi connectivity index (χ0) is 21.4. The molecule has 0 radical (unpaired) electrons. The largest absolute Gasteiger partial charge is 0.497 e. The topological polar surface area (TPSA) is 87.1 Å². The van der Waals surface area contributed by atoms with Gasteiger partial charge in [0.25, 0.3) is 5.91 Å². The third-order valence-electron chi connectivity index (χ3n) is 6.21. The van der Waals surface area contributed by atoms with Crippen LogP contribution in [0.2, 0.25) is 5.02 Å². The summed E-state index contributed by atoms with van der Waals surface area (Å²) >= 11 is 6.06. The molecule has 1 aliphatic carbocycles. The summed E-state index contributed by atoms with van der Waals surface area (Å²) in [6.07, 6.45) is 2.08. The van der Waals surface area contributed by atoms with E-state index in [1.807, 2.05) is 0 Å². The number of aliphatic hydroxyl groups excluding tert-OH is 1. The normalized spacial score (nSPS) is 26.2. The van der Waals surface area contributed by atoms with Gasteiger partial charge in [0.1, 0.15) is 11.7 Å². The minimum atomic E-state index is -1.00. The van der Waals surface area contributed by atoms with Gasteiger partial charge in [0.05, 0.1) is 19.3 Å². The molecule has 0 aromatic heterocycles. The molecule has 30 heavy (non-hydrogen) atoms. The van der Waals surface area contributed by atoms with Crippen molar-refractivity contribution >= 4 is 23.5 Å². The summed E-state index contributed by atoms with van der Waals surface area (Å²) in [6, 6.07) is 11.2. The number of carbonyl (C=O) groups is 2. The number of hydrogen-bond acceptors (Lipinski definition) is 4. The van der Waals surface area contributed by atoms with Crippen molar-refractivity contribution in [1.82, 2.24) is 4.90 Å². The number of carboxylic acid groups (broad SMARTS) is 1. The molecule has 1 amide bonds. The first kappa shape index (κ1) is 20.7. The van der Waals surface area contributed by atoms with Crippen LogP contribution < -0.4 is 4.74 Å². The van der Waals surface area contributed by atoms with Gasteiger partial charge in [-0.05, 0) is 67.1 Å². The van der Waals surface area contributed by atoms with Crippen molar-refractivity contribution in [3.05, 3.63) is 64.2 Å². The fraction of sp³-hybridized carbons (Fsp3) is 0.391. The number of halogens is 1. The molecule has 4 rings (SSSR count). The highest BCUT2D eigenvalue weighted by Gasteiger charge is 2.47. The van der Waals surface area contributed by atoms with Crippen LogP contribution >= 0.6 is 11.6 Å². The highest BCUT2D eigenvalue weighted by atomic mass is 35.5. The monoisotopic (exact) mass is 429 g/mol. The Morgan fingerprint density at radius 2 is 1.77 bits per heavy atom. The van der Waals surface area contributed by atoms with E-state index in [1.54, 1.807) is 47.4 Å². The zero-order valence-corrected chi connectivity index (χ0v) is 17.4. The maximum atomic E-state index is 13.6. The number of benzene rings is 2. The lowest BCUT2D eigenvalue weighted by Crippen LogP contribution is -2.51. The highest BCUT2D eigenvalue weighted by molar-refractivity contribution is 6.30. The molecule has 2 aromatic rings. The molecule has 0 saturated heterocycles. The lowest BCUT2D eigenvalue weighted by molar-refractivity contribution is -0.141. The molecule has 0 unspecified atom stereocenters. The molecule has 1 aliphatic heterocycles. The van der Waals surface area contributed by atoms with Crippen molar-refractivity contribution in [2.24, 2.45) is 0 Å². The molecule has 2 N–H and O–H groups in total. The molecular formula is C23H24ClNO5. The van der Waals surface area contributed by atoms with Crippen LogP contribution in [0.5, 0.6) is 5.75 Å². The average molecular weight is 430 g/mol. The number of hydrogen-bond donors (Lipinski definition) is 2. The van der Waals surface area contributed by atoms with Gasteiger partial charge in [0, 0.05) is 16.6 Å². The summed E-state index contributed by atoms with van der Waals surface area (Å²) in [5.41, 5.74) is 1.57. The van der Waals surface area contributed by atoms with Crippen LogP contribution in [0.1, 0.15) is 59.1 Å². The smallest absolute Gasteiger partial charge is 0.313 e. The van der Waals surface area contributed by atoms with Gasteiger partial charge in [0.15, 0.2) is 0 Å². The number of nitrogens with zero attached hydrogens (tertiary/aromatic N) is 1. The molecule has 158 valence electrons. The van der Waals surface area contributed by atoms with Crippen molar-refractivity contribution in [1.29, 1.82) is 0 Å². The number of carbonyl (C=O) groups excluding carboxylic acids is 1. The molecule has 2 aromatic carbocycles. The number of carboxylic acids is 1. The highest BCUT2D eigenvalue weighted by Crippen LogP contribution is 2.46. The Morgan fingerprint density at radius 3 is 2.37 bits per heavy atom. The van der Waals surface area contributed by atoms with E-state index >= 15 is 0 Å². The van der Waals surface area contributed by atoms with Gasteiger partial charge < -0.3 is 19.8 Å². The van der Waals surface area contributed by atoms with Crippen molar-refractivity contribution < 1.29 is 24.5 Å².